The van der Waals surface area contributed by atoms with Crippen LogP contribution in [0.4, 0.5) is 0 Å². The smallest absolute Gasteiger partial charge is 0.420 e. The number of methoxy groups -OCH3 is 1. The number of amides is 2. The second kappa shape index (κ2) is 11.4. The second-order valence-corrected chi connectivity index (χ2v) is 11.0. The van der Waals surface area contributed by atoms with E-state index in [4.69, 9.17) is 13.9 Å². The summed E-state index contributed by atoms with van der Waals surface area (Å²) in [5.41, 5.74) is 2.21. The Morgan fingerprint density at radius 1 is 1.10 bits per heavy atom. The average molecular weight is 549 g/mol. The molecule has 4 heterocycles. The van der Waals surface area contributed by atoms with E-state index in [1.54, 1.807) is 31.4 Å². The van der Waals surface area contributed by atoms with Crippen LogP contribution in [-0.2, 0) is 16.1 Å². The van der Waals surface area contributed by atoms with Gasteiger partial charge in [0.15, 0.2) is 17.1 Å². The maximum Gasteiger partial charge on any atom is 0.420 e. The molecule has 2 amide bonds. The van der Waals surface area contributed by atoms with Crippen molar-refractivity contribution >= 4 is 22.9 Å². The maximum atomic E-state index is 13.4. The predicted octanol–water partition coefficient (Wildman–Crippen LogP) is 2.95. The zero-order valence-electron chi connectivity index (χ0n) is 22.8. The van der Waals surface area contributed by atoms with Crippen molar-refractivity contribution < 1.29 is 23.5 Å². The van der Waals surface area contributed by atoms with Crippen LogP contribution in [0.15, 0.2) is 51.7 Å². The minimum Gasteiger partial charge on any atom is -0.493 e. The third-order valence-corrected chi connectivity index (χ3v) is 8.58. The van der Waals surface area contributed by atoms with Crippen LogP contribution in [0.1, 0.15) is 43.7 Å². The van der Waals surface area contributed by atoms with Gasteiger partial charge in [0.25, 0.3) is 0 Å². The molecule has 40 heavy (non-hydrogen) atoms. The molecule has 3 aliphatic heterocycles. The summed E-state index contributed by atoms with van der Waals surface area (Å²) < 4.78 is 18.4. The van der Waals surface area contributed by atoms with Gasteiger partial charge in [-0.3, -0.25) is 19.1 Å². The molecule has 2 saturated heterocycles. The van der Waals surface area contributed by atoms with Crippen molar-refractivity contribution in [3.8, 4) is 11.5 Å². The summed E-state index contributed by atoms with van der Waals surface area (Å²) in [5.74, 6) is 0.702. The van der Waals surface area contributed by atoms with Crippen LogP contribution >= 0.6 is 0 Å². The molecule has 10 nitrogen and oxygen atoms in total. The van der Waals surface area contributed by atoms with Crippen molar-refractivity contribution in [3.63, 3.8) is 0 Å². The number of fused-ring (bicyclic) bond motifs is 9. The summed E-state index contributed by atoms with van der Waals surface area (Å²) >= 11 is 0. The van der Waals surface area contributed by atoms with Crippen molar-refractivity contribution in [2.24, 2.45) is 5.92 Å². The summed E-state index contributed by atoms with van der Waals surface area (Å²) in [6.07, 6.45) is 4.55. The summed E-state index contributed by atoms with van der Waals surface area (Å²) in [6, 6.07) is 13.9. The highest BCUT2D eigenvalue weighted by atomic mass is 16.5. The number of nitrogens with zero attached hydrogens (tertiary/aromatic N) is 3. The molecule has 3 atom stereocenters. The van der Waals surface area contributed by atoms with Crippen LogP contribution in [0.3, 0.4) is 0 Å². The summed E-state index contributed by atoms with van der Waals surface area (Å²) in [6.45, 7) is 2.21. The highest BCUT2D eigenvalue weighted by Gasteiger charge is 2.44. The van der Waals surface area contributed by atoms with Crippen molar-refractivity contribution in [2.75, 3.05) is 39.9 Å². The van der Waals surface area contributed by atoms with Crippen LogP contribution in [0.5, 0.6) is 11.5 Å². The van der Waals surface area contributed by atoms with Gasteiger partial charge in [0.05, 0.1) is 25.8 Å². The molecule has 0 unspecified atom stereocenters. The minimum absolute atomic E-state index is 0.0539. The van der Waals surface area contributed by atoms with E-state index in [1.165, 1.54) is 15.0 Å². The molecule has 0 saturated carbocycles. The van der Waals surface area contributed by atoms with E-state index in [-0.39, 0.29) is 30.9 Å². The molecule has 0 spiro atoms. The van der Waals surface area contributed by atoms with Gasteiger partial charge in [0, 0.05) is 25.2 Å². The highest BCUT2D eigenvalue weighted by molar-refractivity contribution is 5.85. The predicted molar refractivity (Wildman–Crippen MR) is 148 cm³/mol. The van der Waals surface area contributed by atoms with Gasteiger partial charge >= 0.3 is 5.76 Å². The maximum absolute atomic E-state index is 13.4. The lowest BCUT2D eigenvalue weighted by Gasteiger charge is -2.25. The molecule has 10 heteroatoms. The lowest BCUT2D eigenvalue weighted by Crippen LogP contribution is -2.45. The van der Waals surface area contributed by atoms with Gasteiger partial charge in [0.1, 0.15) is 6.54 Å². The van der Waals surface area contributed by atoms with E-state index in [0.717, 1.165) is 31.6 Å². The van der Waals surface area contributed by atoms with Gasteiger partial charge in [0.2, 0.25) is 11.8 Å². The number of aromatic nitrogens is 1. The molecule has 2 aromatic carbocycles. The molecule has 2 fully saturated rings. The Bertz CT molecular complexity index is 1450. The molecule has 3 aromatic rings. The fourth-order valence-corrected chi connectivity index (χ4v) is 6.60. The molecular weight excluding hydrogens is 512 g/mol. The van der Waals surface area contributed by atoms with Crippen LogP contribution in [0.25, 0.3) is 11.1 Å². The van der Waals surface area contributed by atoms with Gasteiger partial charge in [-0.1, -0.05) is 18.2 Å². The number of carbonyl (C=O) groups is 2. The van der Waals surface area contributed by atoms with Crippen LogP contribution < -0.4 is 20.5 Å². The van der Waals surface area contributed by atoms with E-state index >= 15 is 0 Å². The van der Waals surface area contributed by atoms with Crippen molar-refractivity contribution in [3.05, 3.63) is 58.6 Å². The third kappa shape index (κ3) is 5.20. The number of nitrogens with one attached hydrogen (secondary N) is 1. The zero-order chi connectivity index (χ0) is 27.6. The van der Waals surface area contributed by atoms with Gasteiger partial charge in [-0.25, -0.2) is 4.79 Å². The molecule has 6 rings (SSSR count). The fraction of sp³-hybridized carbons (Fsp3) is 0.500. The highest BCUT2D eigenvalue weighted by Crippen LogP contribution is 2.46. The molecule has 212 valence electrons. The summed E-state index contributed by atoms with van der Waals surface area (Å²) in [7, 11) is 1.65. The van der Waals surface area contributed by atoms with Gasteiger partial charge in [-0.15, -0.1) is 0 Å². The first-order valence-electron chi connectivity index (χ1n) is 14.2. The topological polar surface area (TPSA) is 106 Å². The van der Waals surface area contributed by atoms with E-state index in [1.807, 2.05) is 6.07 Å². The Kier molecular flexibility index (Phi) is 7.51. The number of ether oxygens (including phenoxy) is 2. The Hall–Kier alpha value is -3.79. The molecule has 0 radical (unpaired) electrons. The monoisotopic (exact) mass is 548 g/mol. The van der Waals surface area contributed by atoms with Gasteiger partial charge in [-0.2, -0.15) is 0 Å². The molecule has 3 aliphatic rings. The first-order valence-corrected chi connectivity index (χ1v) is 14.2. The summed E-state index contributed by atoms with van der Waals surface area (Å²) in [5, 5.41) is 3.12. The van der Waals surface area contributed by atoms with E-state index in [9.17, 15) is 14.4 Å². The fourth-order valence-electron chi connectivity index (χ4n) is 6.60. The number of oxazole rings is 1. The van der Waals surface area contributed by atoms with Crippen LogP contribution in [0.2, 0.25) is 0 Å². The van der Waals surface area contributed by atoms with Crippen LogP contribution in [0, 0.1) is 5.92 Å². The van der Waals surface area contributed by atoms with Crippen molar-refractivity contribution in [1.82, 2.24) is 19.7 Å². The minimum atomic E-state index is -0.588. The van der Waals surface area contributed by atoms with E-state index < -0.39 is 5.76 Å². The third-order valence-electron chi connectivity index (χ3n) is 8.58. The van der Waals surface area contributed by atoms with Crippen molar-refractivity contribution in [2.45, 2.75) is 50.7 Å². The Morgan fingerprint density at radius 2 is 1.98 bits per heavy atom. The Balaban J connectivity index is 1.22. The number of rotatable bonds is 3. The normalized spacial score (nSPS) is 24.0. The Morgan fingerprint density at radius 3 is 2.85 bits per heavy atom. The van der Waals surface area contributed by atoms with E-state index in [2.05, 4.69) is 22.3 Å². The van der Waals surface area contributed by atoms with Gasteiger partial charge in [-0.05, 0) is 74.4 Å². The van der Waals surface area contributed by atoms with Crippen LogP contribution in [-0.4, -0.2) is 72.1 Å². The first-order chi connectivity index (χ1) is 19.5. The number of hydrogen-bond acceptors (Lipinski definition) is 7. The van der Waals surface area contributed by atoms with Crippen molar-refractivity contribution in [1.29, 1.82) is 0 Å². The largest absolute Gasteiger partial charge is 0.493 e. The summed E-state index contributed by atoms with van der Waals surface area (Å²) in [4.78, 5) is 43.1. The first kappa shape index (κ1) is 26.4. The average Bonchev–Trinajstić information content (AvgIpc) is 3.65. The zero-order valence-corrected chi connectivity index (χ0v) is 22.8. The molecule has 1 N–H and O–H groups in total. The molecular formula is C30H36N4O6. The number of para-hydroxylation sites is 2. The Labute approximate surface area is 232 Å². The second-order valence-electron chi connectivity index (χ2n) is 11.0. The lowest BCUT2D eigenvalue weighted by molar-refractivity contribution is -0.136. The number of benzene rings is 2. The standard InChI is InChI=1S/C30H36N4O6/c1-38-26-11-10-20-16-27(26)39-14-5-4-12-32(29(36)19-34-23-7-2-3-9-25(23)40-30(34)37)18-28(35)31-17-21-15-24(20)33-13-6-8-22(21)33/h2-3,7,9-11,16,21-22,24H,4-6,8,12-15,17-19H2,1H3,(H,31,35)/t21-,22+,24-/m1/s1. The quantitative estimate of drug-likeness (QED) is 0.537. The van der Waals surface area contributed by atoms with E-state index in [0.29, 0.717) is 61.3 Å². The number of hydrogen-bond donors (Lipinski definition) is 1. The molecule has 0 aliphatic carbocycles. The number of carbonyl (C=O) groups excluding carboxylic acids is 2. The SMILES string of the molecule is COc1ccc2cc1OCCCCN(C(=O)Cn1c(=O)oc3ccccc31)CC(=O)NC[C@H]1C[C@H]2N2CCC[C@@H]12. The van der Waals surface area contributed by atoms with Gasteiger partial charge < -0.3 is 24.1 Å². The molecule has 1 aromatic heterocycles. The lowest BCUT2D eigenvalue weighted by atomic mass is 9.94. The molecule has 4 bridgehead atoms.